The van der Waals surface area contributed by atoms with Crippen molar-refractivity contribution in [3.63, 3.8) is 0 Å². The maximum Gasteiger partial charge on any atom is 0.0244 e. The van der Waals surface area contributed by atoms with Crippen molar-refractivity contribution in [3.05, 3.63) is 33.4 Å². The van der Waals surface area contributed by atoms with E-state index in [-0.39, 0.29) is 24.8 Å². The van der Waals surface area contributed by atoms with E-state index in [0.29, 0.717) is 0 Å². The van der Waals surface area contributed by atoms with Crippen LogP contribution >= 0.6 is 47.4 Å². The highest BCUT2D eigenvalue weighted by atomic mass is 127. The van der Waals surface area contributed by atoms with E-state index in [2.05, 4.69) is 64.0 Å². The Labute approximate surface area is 142 Å². The Morgan fingerprint density at radius 2 is 1.84 bits per heavy atom. The van der Waals surface area contributed by atoms with Gasteiger partial charge in [-0.15, -0.1) is 24.8 Å². The van der Waals surface area contributed by atoms with Crippen LogP contribution in [-0.4, -0.2) is 30.6 Å². The molecule has 0 atom stereocenters. The molecule has 2 nitrogen and oxygen atoms in total. The van der Waals surface area contributed by atoms with Gasteiger partial charge in [0.25, 0.3) is 0 Å². The lowest BCUT2D eigenvalue weighted by Crippen LogP contribution is -2.42. The smallest absolute Gasteiger partial charge is 0.0244 e. The molecule has 0 saturated carbocycles. The van der Waals surface area contributed by atoms with Crippen LogP contribution in [0.15, 0.2) is 24.3 Å². The Hall–Kier alpha value is 0.450. The number of benzene rings is 1. The SMILES string of the molecule is CCNC1CCN(Cc2ccccc2I)CC1.Cl.Cl. The summed E-state index contributed by atoms with van der Waals surface area (Å²) in [5.41, 5.74) is 1.47. The average molecular weight is 417 g/mol. The summed E-state index contributed by atoms with van der Waals surface area (Å²) < 4.78 is 1.39. The van der Waals surface area contributed by atoms with Crippen LogP contribution in [0, 0.1) is 3.57 Å². The van der Waals surface area contributed by atoms with Crippen molar-refractivity contribution in [2.45, 2.75) is 32.4 Å². The van der Waals surface area contributed by atoms with Gasteiger partial charge >= 0.3 is 0 Å². The van der Waals surface area contributed by atoms with Crippen molar-refractivity contribution in [2.24, 2.45) is 0 Å². The minimum Gasteiger partial charge on any atom is -0.314 e. The summed E-state index contributed by atoms with van der Waals surface area (Å²) in [6.45, 7) is 6.85. The number of nitrogens with zero attached hydrogens (tertiary/aromatic N) is 1. The van der Waals surface area contributed by atoms with Crippen LogP contribution in [0.1, 0.15) is 25.3 Å². The zero-order chi connectivity index (χ0) is 12.1. The molecule has 0 aromatic heterocycles. The summed E-state index contributed by atoms with van der Waals surface area (Å²) >= 11 is 2.43. The third-order valence-corrected chi connectivity index (χ3v) is 4.48. The van der Waals surface area contributed by atoms with Crippen molar-refractivity contribution in [3.8, 4) is 0 Å². The monoisotopic (exact) mass is 416 g/mol. The largest absolute Gasteiger partial charge is 0.314 e. The molecule has 1 N–H and O–H groups in total. The lowest BCUT2D eigenvalue weighted by atomic mass is 10.0. The zero-order valence-electron chi connectivity index (χ0n) is 11.3. The van der Waals surface area contributed by atoms with Gasteiger partial charge < -0.3 is 5.32 Å². The van der Waals surface area contributed by atoms with E-state index in [9.17, 15) is 0 Å². The Balaban J connectivity index is 0.00000162. The van der Waals surface area contributed by atoms with Gasteiger partial charge in [0.15, 0.2) is 0 Å². The molecule has 2 rings (SSSR count). The van der Waals surface area contributed by atoms with Crippen LogP contribution < -0.4 is 5.32 Å². The van der Waals surface area contributed by atoms with E-state index in [0.717, 1.165) is 19.1 Å². The molecule has 1 saturated heterocycles. The number of likely N-dealkylation sites (tertiary alicyclic amines) is 1. The minimum atomic E-state index is 0. The van der Waals surface area contributed by atoms with Crippen LogP contribution in [0.25, 0.3) is 0 Å². The number of halogens is 3. The quantitative estimate of drug-likeness (QED) is 0.752. The predicted octanol–water partition coefficient (Wildman–Crippen LogP) is 3.71. The van der Waals surface area contributed by atoms with Gasteiger partial charge in [0.2, 0.25) is 0 Å². The van der Waals surface area contributed by atoms with Crippen molar-refractivity contribution >= 4 is 47.4 Å². The van der Waals surface area contributed by atoms with Gasteiger partial charge in [-0.25, -0.2) is 0 Å². The lowest BCUT2D eigenvalue weighted by molar-refractivity contribution is 0.191. The standard InChI is InChI=1S/C14H21IN2.2ClH/c1-2-16-13-7-9-17(10-8-13)11-12-5-3-4-6-14(12)15;;/h3-6,13,16H,2,7-11H2,1H3;2*1H. The topological polar surface area (TPSA) is 15.3 Å². The van der Waals surface area contributed by atoms with Gasteiger partial charge in [0, 0.05) is 16.2 Å². The van der Waals surface area contributed by atoms with E-state index in [1.165, 1.54) is 35.1 Å². The second-order valence-corrected chi connectivity index (χ2v) is 5.86. The molecule has 1 fully saturated rings. The van der Waals surface area contributed by atoms with Crippen molar-refractivity contribution in [2.75, 3.05) is 19.6 Å². The Morgan fingerprint density at radius 1 is 1.21 bits per heavy atom. The van der Waals surface area contributed by atoms with E-state index in [4.69, 9.17) is 0 Å². The molecule has 5 heteroatoms. The molecular weight excluding hydrogens is 394 g/mol. The lowest BCUT2D eigenvalue weighted by Gasteiger charge is -2.32. The number of nitrogens with one attached hydrogen (secondary N) is 1. The van der Waals surface area contributed by atoms with Crippen molar-refractivity contribution < 1.29 is 0 Å². The van der Waals surface area contributed by atoms with E-state index < -0.39 is 0 Å². The van der Waals surface area contributed by atoms with E-state index >= 15 is 0 Å². The summed E-state index contributed by atoms with van der Waals surface area (Å²) in [6.07, 6.45) is 2.58. The van der Waals surface area contributed by atoms with Gasteiger partial charge in [-0.3, -0.25) is 4.90 Å². The second-order valence-electron chi connectivity index (χ2n) is 4.70. The fourth-order valence-corrected chi connectivity index (χ4v) is 3.01. The fourth-order valence-electron chi connectivity index (χ4n) is 2.45. The molecule has 0 bridgehead atoms. The zero-order valence-corrected chi connectivity index (χ0v) is 15.1. The number of rotatable bonds is 4. The molecule has 1 aromatic rings. The highest BCUT2D eigenvalue weighted by Crippen LogP contribution is 2.17. The Bertz CT molecular complexity index is 355. The first-order valence-corrected chi connectivity index (χ1v) is 7.56. The van der Waals surface area contributed by atoms with Crippen LogP contribution in [-0.2, 0) is 6.54 Å². The normalized spacial score (nSPS) is 16.5. The van der Waals surface area contributed by atoms with Crippen molar-refractivity contribution in [1.82, 2.24) is 10.2 Å². The number of piperidine rings is 1. The van der Waals surface area contributed by atoms with Crippen molar-refractivity contribution in [1.29, 1.82) is 0 Å². The highest BCUT2D eigenvalue weighted by molar-refractivity contribution is 14.1. The maximum absolute atomic E-state index is 3.55. The average Bonchev–Trinajstić information content (AvgIpc) is 2.35. The van der Waals surface area contributed by atoms with Crippen LogP contribution in [0.3, 0.4) is 0 Å². The van der Waals surface area contributed by atoms with Gasteiger partial charge in [-0.2, -0.15) is 0 Å². The predicted molar refractivity (Wildman–Crippen MR) is 95.6 cm³/mol. The van der Waals surface area contributed by atoms with Gasteiger partial charge in [-0.05, 0) is 66.7 Å². The molecule has 0 spiro atoms. The summed E-state index contributed by atoms with van der Waals surface area (Å²) in [5.74, 6) is 0. The molecule has 19 heavy (non-hydrogen) atoms. The Morgan fingerprint density at radius 3 is 2.42 bits per heavy atom. The molecular formula is C14H23Cl2IN2. The molecule has 1 aliphatic heterocycles. The molecule has 0 unspecified atom stereocenters. The first-order valence-electron chi connectivity index (χ1n) is 6.48. The molecule has 0 amide bonds. The third-order valence-electron chi connectivity index (χ3n) is 3.43. The summed E-state index contributed by atoms with van der Waals surface area (Å²) in [6, 6.07) is 9.44. The number of hydrogen-bond acceptors (Lipinski definition) is 2. The molecule has 110 valence electrons. The molecule has 1 heterocycles. The van der Waals surface area contributed by atoms with Gasteiger partial charge in [-0.1, -0.05) is 25.1 Å². The summed E-state index contributed by atoms with van der Waals surface area (Å²) in [5, 5.41) is 3.55. The Kier molecular flexibility index (Phi) is 10.5. The second kappa shape index (κ2) is 10.2. The molecule has 1 aromatic carbocycles. The molecule has 0 radical (unpaired) electrons. The van der Waals surface area contributed by atoms with Crippen LogP contribution in [0.4, 0.5) is 0 Å². The highest BCUT2D eigenvalue weighted by Gasteiger charge is 2.18. The maximum atomic E-state index is 3.55. The summed E-state index contributed by atoms with van der Waals surface area (Å²) in [4.78, 5) is 2.57. The first kappa shape index (κ1) is 19.4. The molecule has 1 aliphatic rings. The first-order chi connectivity index (χ1) is 8.29. The summed E-state index contributed by atoms with van der Waals surface area (Å²) in [7, 11) is 0. The minimum absolute atomic E-state index is 0. The van der Waals surface area contributed by atoms with Gasteiger partial charge in [0.05, 0.1) is 0 Å². The number of hydrogen-bond donors (Lipinski definition) is 1. The van der Waals surface area contributed by atoms with E-state index in [1.807, 2.05) is 0 Å². The third kappa shape index (κ3) is 6.17. The van der Waals surface area contributed by atoms with Gasteiger partial charge in [0.1, 0.15) is 0 Å². The van der Waals surface area contributed by atoms with Crippen LogP contribution in [0.5, 0.6) is 0 Å². The molecule has 0 aliphatic carbocycles. The van der Waals surface area contributed by atoms with E-state index in [1.54, 1.807) is 0 Å². The van der Waals surface area contributed by atoms with Crippen LogP contribution in [0.2, 0.25) is 0 Å². The fraction of sp³-hybridized carbons (Fsp3) is 0.571.